The van der Waals surface area contributed by atoms with Gasteiger partial charge in [0, 0.05) is 6.04 Å². The number of aliphatic hydroxyl groups is 1. The van der Waals surface area contributed by atoms with Crippen LogP contribution < -0.4 is 10.1 Å². The van der Waals surface area contributed by atoms with Crippen molar-refractivity contribution in [2.24, 2.45) is 0 Å². The Morgan fingerprint density at radius 1 is 1.33 bits per heavy atom. The van der Waals surface area contributed by atoms with E-state index in [1.807, 2.05) is 0 Å². The summed E-state index contributed by atoms with van der Waals surface area (Å²) in [5.41, 5.74) is -0.896. The molecular weight excluding hydrogens is 287 g/mol. The average molecular weight is 305 g/mol. The summed E-state index contributed by atoms with van der Waals surface area (Å²) in [5, 5.41) is 11.5. The molecule has 0 bridgehead atoms. The van der Waals surface area contributed by atoms with Crippen molar-refractivity contribution in [3.8, 4) is 5.75 Å². The van der Waals surface area contributed by atoms with Crippen LogP contribution in [-0.4, -0.2) is 23.2 Å². The summed E-state index contributed by atoms with van der Waals surface area (Å²) in [5.74, 6) is -0.935. The number of carbonyl (C=O) groups excluding carboxylic acids is 1. The zero-order valence-corrected chi connectivity index (χ0v) is 12.0. The van der Waals surface area contributed by atoms with Gasteiger partial charge in [0.25, 0.3) is 5.91 Å². The smallest absolute Gasteiger partial charge is 0.419 e. The Kier molecular flexibility index (Phi) is 5.60. The van der Waals surface area contributed by atoms with Crippen LogP contribution in [0.4, 0.5) is 13.2 Å². The predicted octanol–water partition coefficient (Wildman–Crippen LogP) is 2.49. The second kappa shape index (κ2) is 6.80. The van der Waals surface area contributed by atoms with Crippen LogP contribution in [0.15, 0.2) is 18.2 Å². The first kappa shape index (κ1) is 17.3. The molecule has 4 nitrogen and oxygen atoms in total. The SMILES string of the molecule is CC(C)NC(=O)C(C)Oc1ccc(CO)cc1C(F)(F)F. The van der Waals surface area contributed by atoms with E-state index in [0.717, 1.165) is 12.1 Å². The largest absolute Gasteiger partial charge is 0.480 e. The van der Waals surface area contributed by atoms with Gasteiger partial charge in [-0.2, -0.15) is 13.2 Å². The topological polar surface area (TPSA) is 58.6 Å². The van der Waals surface area contributed by atoms with E-state index in [9.17, 15) is 18.0 Å². The third kappa shape index (κ3) is 4.93. The standard InChI is InChI=1S/C14H18F3NO3/c1-8(2)18-13(20)9(3)21-12-5-4-10(7-19)6-11(12)14(15,16)17/h4-6,8-9,19H,7H2,1-3H3,(H,18,20). The monoisotopic (exact) mass is 305 g/mol. The van der Waals surface area contributed by atoms with Crippen LogP contribution >= 0.6 is 0 Å². The van der Waals surface area contributed by atoms with Crippen LogP contribution in [0.3, 0.4) is 0 Å². The normalized spacial score (nSPS) is 13.1. The Labute approximate surface area is 120 Å². The van der Waals surface area contributed by atoms with Gasteiger partial charge in [-0.15, -0.1) is 0 Å². The summed E-state index contributed by atoms with van der Waals surface area (Å²) in [6, 6.07) is 3.09. The molecule has 0 aliphatic rings. The third-order valence-electron chi connectivity index (χ3n) is 2.64. The lowest BCUT2D eigenvalue weighted by Gasteiger charge is -2.20. The van der Waals surface area contributed by atoms with Gasteiger partial charge >= 0.3 is 6.18 Å². The molecule has 1 atom stereocenters. The van der Waals surface area contributed by atoms with Gasteiger partial charge in [-0.05, 0) is 38.5 Å². The van der Waals surface area contributed by atoms with E-state index in [1.165, 1.54) is 13.0 Å². The molecule has 21 heavy (non-hydrogen) atoms. The van der Waals surface area contributed by atoms with Crippen LogP contribution in [0.1, 0.15) is 31.9 Å². The molecule has 118 valence electrons. The summed E-state index contributed by atoms with van der Waals surface area (Å²) in [4.78, 5) is 11.7. The number of ether oxygens (including phenoxy) is 1. The van der Waals surface area contributed by atoms with Gasteiger partial charge < -0.3 is 15.2 Å². The number of hydrogen-bond acceptors (Lipinski definition) is 3. The maximum Gasteiger partial charge on any atom is 0.419 e. The number of nitrogens with one attached hydrogen (secondary N) is 1. The molecule has 0 saturated heterocycles. The second-order valence-electron chi connectivity index (χ2n) is 4.91. The van der Waals surface area contributed by atoms with Crippen LogP contribution in [0.25, 0.3) is 0 Å². The highest BCUT2D eigenvalue weighted by molar-refractivity contribution is 5.81. The van der Waals surface area contributed by atoms with Crippen molar-refractivity contribution < 1.29 is 27.8 Å². The highest BCUT2D eigenvalue weighted by atomic mass is 19.4. The summed E-state index contributed by atoms with van der Waals surface area (Å²) in [6.07, 6.45) is -5.69. The van der Waals surface area contributed by atoms with E-state index < -0.39 is 36.1 Å². The number of hydrogen-bond donors (Lipinski definition) is 2. The number of aliphatic hydroxyl groups excluding tert-OH is 1. The number of alkyl halides is 3. The lowest BCUT2D eigenvalue weighted by atomic mass is 10.1. The van der Waals surface area contributed by atoms with Crippen molar-refractivity contribution in [2.75, 3.05) is 0 Å². The van der Waals surface area contributed by atoms with Crippen molar-refractivity contribution in [3.05, 3.63) is 29.3 Å². The number of rotatable bonds is 5. The highest BCUT2D eigenvalue weighted by Gasteiger charge is 2.35. The third-order valence-corrected chi connectivity index (χ3v) is 2.64. The van der Waals surface area contributed by atoms with Crippen molar-refractivity contribution in [2.45, 2.75) is 45.7 Å². The quantitative estimate of drug-likeness (QED) is 0.878. The van der Waals surface area contributed by atoms with Gasteiger partial charge in [0.15, 0.2) is 6.10 Å². The average Bonchev–Trinajstić information content (AvgIpc) is 2.37. The number of benzene rings is 1. The molecule has 7 heteroatoms. The van der Waals surface area contributed by atoms with Crippen molar-refractivity contribution in [3.63, 3.8) is 0 Å². The first-order valence-corrected chi connectivity index (χ1v) is 6.43. The van der Waals surface area contributed by atoms with E-state index in [-0.39, 0.29) is 11.6 Å². The minimum atomic E-state index is -4.63. The number of amides is 1. The van der Waals surface area contributed by atoms with E-state index >= 15 is 0 Å². The van der Waals surface area contributed by atoms with Crippen molar-refractivity contribution in [1.29, 1.82) is 0 Å². The zero-order chi connectivity index (χ0) is 16.2. The lowest BCUT2D eigenvalue weighted by molar-refractivity contribution is -0.140. The van der Waals surface area contributed by atoms with Gasteiger partial charge in [-0.3, -0.25) is 4.79 Å². The molecule has 0 heterocycles. The Morgan fingerprint density at radius 3 is 2.43 bits per heavy atom. The Hall–Kier alpha value is -1.76. The van der Waals surface area contributed by atoms with Crippen molar-refractivity contribution in [1.82, 2.24) is 5.32 Å². The van der Waals surface area contributed by atoms with E-state index in [1.54, 1.807) is 13.8 Å². The molecule has 1 aromatic rings. The fourth-order valence-corrected chi connectivity index (χ4v) is 1.65. The number of carbonyl (C=O) groups is 1. The fourth-order valence-electron chi connectivity index (χ4n) is 1.65. The van der Waals surface area contributed by atoms with E-state index in [2.05, 4.69) is 5.32 Å². The minimum absolute atomic E-state index is 0.119. The van der Waals surface area contributed by atoms with Gasteiger partial charge in [0.2, 0.25) is 0 Å². The van der Waals surface area contributed by atoms with Gasteiger partial charge in [0.1, 0.15) is 5.75 Å². The molecule has 0 aliphatic carbocycles. The molecule has 0 aromatic heterocycles. The molecule has 0 spiro atoms. The molecule has 1 unspecified atom stereocenters. The van der Waals surface area contributed by atoms with E-state index in [0.29, 0.717) is 0 Å². The molecule has 0 fully saturated rings. The summed E-state index contributed by atoms with van der Waals surface area (Å²) in [6.45, 7) is 4.34. The fraction of sp³-hybridized carbons (Fsp3) is 0.500. The Balaban J connectivity index is 3.00. The summed E-state index contributed by atoms with van der Waals surface area (Å²) in [7, 11) is 0. The van der Waals surface area contributed by atoms with Crippen molar-refractivity contribution >= 4 is 5.91 Å². The summed E-state index contributed by atoms with van der Waals surface area (Å²) >= 11 is 0. The highest BCUT2D eigenvalue weighted by Crippen LogP contribution is 2.37. The molecule has 0 radical (unpaired) electrons. The predicted molar refractivity (Wildman–Crippen MR) is 70.7 cm³/mol. The first-order chi connectivity index (χ1) is 9.65. The lowest BCUT2D eigenvalue weighted by Crippen LogP contribution is -2.40. The molecule has 0 aliphatic heterocycles. The zero-order valence-electron chi connectivity index (χ0n) is 12.0. The second-order valence-corrected chi connectivity index (χ2v) is 4.91. The van der Waals surface area contributed by atoms with Gasteiger partial charge in [-0.1, -0.05) is 6.07 Å². The minimum Gasteiger partial charge on any atom is -0.480 e. The van der Waals surface area contributed by atoms with Gasteiger partial charge in [0.05, 0.1) is 12.2 Å². The summed E-state index contributed by atoms with van der Waals surface area (Å²) < 4.78 is 44.0. The molecule has 1 amide bonds. The van der Waals surface area contributed by atoms with Crippen LogP contribution in [0.2, 0.25) is 0 Å². The molecule has 1 aromatic carbocycles. The maximum atomic E-state index is 13.0. The maximum absolute atomic E-state index is 13.0. The Bertz CT molecular complexity index is 501. The van der Waals surface area contributed by atoms with Crippen LogP contribution in [0.5, 0.6) is 5.75 Å². The molecular formula is C14H18F3NO3. The van der Waals surface area contributed by atoms with E-state index in [4.69, 9.17) is 9.84 Å². The first-order valence-electron chi connectivity index (χ1n) is 6.43. The number of halogens is 3. The van der Waals surface area contributed by atoms with Crippen LogP contribution in [-0.2, 0) is 17.6 Å². The van der Waals surface area contributed by atoms with Crippen LogP contribution in [0, 0.1) is 0 Å². The van der Waals surface area contributed by atoms with Gasteiger partial charge in [-0.25, -0.2) is 0 Å². The molecule has 0 saturated carbocycles. The Morgan fingerprint density at radius 2 is 1.95 bits per heavy atom. The molecule has 1 rings (SSSR count). The molecule has 2 N–H and O–H groups in total.